The lowest BCUT2D eigenvalue weighted by atomic mass is 10.1. The summed E-state index contributed by atoms with van der Waals surface area (Å²) < 4.78 is 5.13. The van der Waals surface area contributed by atoms with E-state index in [-0.39, 0.29) is 0 Å². The molecular weight excluding hydrogens is 216 g/mol. The van der Waals surface area contributed by atoms with Crippen molar-refractivity contribution in [2.45, 2.75) is 20.0 Å². The number of halogens is 1. The number of carboxylic acids is 1. The van der Waals surface area contributed by atoms with E-state index in [1.54, 1.807) is 25.1 Å². The first-order chi connectivity index (χ1) is 7.06. The van der Waals surface area contributed by atoms with Crippen molar-refractivity contribution in [3.8, 4) is 0 Å². The lowest BCUT2D eigenvalue weighted by Crippen LogP contribution is -2.15. The van der Waals surface area contributed by atoms with Crippen molar-refractivity contribution in [1.29, 1.82) is 0 Å². The van der Waals surface area contributed by atoms with Gasteiger partial charge in [0.05, 0.1) is 0 Å². The number of carbonyl (C=O) groups is 1. The molecule has 0 spiro atoms. The van der Waals surface area contributed by atoms with E-state index in [1.807, 2.05) is 6.92 Å². The number of carboxylic acid groups (broad SMARTS) is 1. The summed E-state index contributed by atoms with van der Waals surface area (Å²) >= 11 is 5.91. The highest BCUT2D eigenvalue weighted by atomic mass is 35.5. The van der Waals surface area contributed by atoms with Gasteiger partial charge in [-0.25, -0.2) is 4.79 Å². The van der Waals surface area contributed by atoms with Crippen LogP contribution in [0.1, 0.15) is 24.2 Å². The summed E-state index contributed by atoms with van der Waals surface area (Å²) in [5.41, 5.74) is 1.49. The van der Waals surface area contributed by atoms with E-state index in [0.29, 0.717) is 17.2 Å². The molecule has 0 aliphatic rings. The zero-order valence-corrected chi connectivity index (χ0v) is 9.41. The Labute approximate surface area is 93.6 Å². The van der Waals surface area contributed by atoms with Crippen molar-refractivity contribution < 1.29 is 14.6 Å². The number of benzene rings is 1. The summed E-state index contributed by atoms with van der Waals surface area (Å²) in [5, 5.41) is 9.50. The van der Waals surface area contributed by atoms with Gasteiger partial charge in [-0.3, -0.25) is 0 Å². The van der Waals surface area contributed by atoms with Crippen molar-refractivity contribution in [1.82, 2.24) is 0 Å². The molecule has 0 fully saturated rings. The van der Waals surface area contributed by atoms with Gasteiger partial charge in [-0.15, -0.1) is 0 Å². The maximum absolute atomic E-state index is 10.9. The van der Waals surface area contributed by atoms with Crippen molar-refractivity contribution in [2.24, 2.45) is 0 Å². The molecule has 0 radical (unpaired) electrons. The molecule has 1 N–H and O–H groups in total. The normalized spacial score (nSPS) is 12.5. The van der Waals surface area contributed by atoms with Crippen LogP contribution >= 0.6 is 11.6 Å². The van der Waals surface area contributed by atoms with Gasteiger partial charge in [-0.2, -0.15) is 0 Å². The van der Waals surface area contributed by atoms with Crippen LogP contribution in [0.4, 0.5) is 0 Å². The van der Waals surface area contributed by atoms with E-state index in [2.05, 4.69) is 0 Å². The first kappa shape index (κ1) is 12.0. The molecule has 3 nitrogen and oxygen atoms in total. The van der Waals surface area contributed by atoms with Crippen LogP contribution < -0.4 is 0 Å². The summed E-state index contributed by atoms with van der Waals surface area (Å²) in [6, 6.07) is 5.13. The van der Waals surface area contributed by atoms with E-state index in [9.17, 15) is 4.79 Å². The second-order valence-corrected chi connectivity index (χ2v) is 3.59. The van der Waals surface area contributed by atoms with Crippen molar-refractivity contribution in [2.75, 3.05) is 6.61 Å². The Balaban J connectivity index is 3.01. The number of aryl methyl sites for hydroxylation is 1. The molecule has 0 heterocycles. The monoisotopic (exact) mass is 228 g/mol. The zero-order chi connectivity index (χ0) is 11.4. The maximum Gasteiger partial charge on any atom is 0.337 e. The summed E-state index contributed by atoms with van der Waals surface area (Å²) in [7, 11) is 0. The Morgan fingerprint density at radius 3 is 2.73 bits per heavy atom. The van der Waals surface area contributed by atoms with Gasteiger partial charge >= 0.3 is 5.97 Å². The highest BCUT2D eigenvalue weighted by Gasteiger charge is 2.20. The molecule has 0 saturated heterocycles. The second kappa shape index (κ2) is 5.14. The molecule has 1 unspecified atom stereocenters. The fourth-order valence-electron chi connectivity index (χ4n) is 1.25. The highest BCUT2D eigenvalue weighted by molar-refractivity contribution is 6.31. The van der Waals surface area contributed by atoms with Gasteiger partial charge in [0.2, 0.25) is 0 Å². The van der Waals surface area contributed by atoms with E-state index in [1.165, 1.54) is 0 Å². The SMILES string of the molecule is CCOC(C(=O)O)c1ccc(C)c(Cl)c1. The van der Waals surface area contributed by atoms with Crippen LogP contribution in [0.25, 0.3) is 0 Å². The Morgan fingerprint density at radius 1 is 1.60 bits per heavy atom. The topological polar surface area (TPSA) is 46.5 Å². The largest absolute Gasteiger partial charge is 0.479 e. The molecule has 4 heteroatoms. The predicted molar refractivity (Wildman–Crippen MR) is 58.2 cm³/mol. The van der Waals surface area contributed by atoms with Gasteiger partial charge in [0.15, 0.2) is 6.10 Å². The summed E-state index contributed by atoms with van der Waals surface area (Å²) in [6.45, 7) is 3.97. The molecule has 0 amide bonds. The lowest BCUT2D eigenvalue weighted by Gasteiger charge is -2.13. The van der Waals surface area contributed by atoms with Crippen molar-refractivity contribution >= 4 is 17.6 Å². The van der Waals surface area contributed by atoms with E-state index in [4.69, 9.17) is 21.4 Å². The Morgan fingerprint density at radius 2 is 2.27 bits per heavy atom. The molecule has 0 aromatic heterocycles. The van der Waals surface area contributed by atoms with Crippen LogP contribution in [0, 0.1) is 6.92 Å². The number of aliphatic carboxylic acids is 1. The third-order valence-corrected chi connectivity index (χ3v) is 2.46. The minimum absolute atomic E-state index is 0.350. The van der Waals surface area contributed by atoms with Gasteiger partial charge in [0.1, 0.15) is 0 Å². The molecule has 82 valence electrons. The predicted octanol–water partition coefficient (Wildman–Crippen LogP) is 2.81. The third-order valence-electron chi connectivity index (χ3n) is 2.06. The number of hydrogen-bond donors (Lipinski definition) is 1. The fourth-order valence-corrected chi connectivity index (χ4v) is 1.44. The second-order valence-electron chi connectivity index (χ2n) is 3.18. The van der Waals surface area contributed by atoms with Crippen molar-refractivity contribution in [3.05, 3.63) is 34.3 Å². The maximum atomic E-state index is 10.9. The third kappa shape index (κ3) is 2.94. The number of rotatable bonds is 4. The van der Waals surface area contributed by atoms with Crippen LogP contribution in [0.5, 0.6) is 0 Å². The molecule has 1 aromatic carbocycles. The van der Waals surface area contributed by atoms with Gasteiger partial charge < -0.3 is 9.84 Å². The average Bonchev–Trinajstić information content (AvgIpc) is 2.18. The number of hydrogen-bond acceptors (Lipinski definition) is 2. The first-order valence-electron chi connectivity index (χ1n) is 4.66. The molecule has 0 aliphatic heterocycles. The Bertz CT molecular complexity index is 363. The van der Waals surface area contributed by atoms with E-state index < -0.39 is 12.1 Å². The highest BCUT2D eigenvalue weighted by Crippen LogP contribution is 2.23. The van der Waals surface area contributed by atoms with Gasteiger partial charge in [-0.1, -0.05) is 23.7 Å². The van der Waals surface area contributed by atoms with E-state index >= 15 is 0 Å². The van der Waals surface area contributed by atoms with Crippen LogP contribution in [0.15, 0.2) is 18.2 Å². The molecule has 1 rings (SSSR count). The Hall–Kier alpha value is -1.06. The molecule has 0 aliphatic carbocycles. The smallest absolute Gasteiger partial charge is 0.337 e. The van der Waals surface area contributed by atoms with Crippen LogP contribution in [0.2, 0.25) is 5.02 Å². The molecule has 0 bridgehead atoms. The van der Waals surface area contributed by atoms with Crippen molar-refractivity contribution in [3.63, 3.8) is 0 Å². The van der Waals surface area contributed by atoms with Gasteiger partial charge in [-0.05, 0) is 31.0 Å². The standard InChI is InChI=1S/C11H13ClO3/c1-3-15-10(11(13)14)8-5-4-7(2)9(12)6-8/h4-6,10H,3H2,1-2H3,(H,13,14). The van der Waals surface area contributed by atoms with Crippen LogP contribution in [0.3, 0.4) is 0 Å². The number of ether oxygens (including phenoxy) is 1. The summed E-state index contributed by atoms with van der Waals surface area (Å²) in [5.74, 6) is -1.00. The average molecular weight is 229 g/mol. The summed E-state index contributed by atoms with van der Waals surface area (Å²) in [4.78, 5) is 10.9. The minimum Gasteiger partial charge on any atom is -0.479 e. The molecular formula is C11H13ClO3. The lowest BCUT2D eigenvalue weighted by molar-refractivity contribution is -0.150. The van der Waals surface area contributed by atoms with E-state index in [0.717, 1.165) is 5.56 Å². The minimum atomic E-state index is -1.00. The van der Waals surface area contributed by atoms with Crippen LogP contribution in [-0.2, 0) is 9.53 Å². The Kier molecular flexibility index (Phi) is 4.12. The van der Waals surface area contributed by atoms with Crippen LogP contribution in [-0.4, -0.2) is 17.7 Å². The molecule has 1 atom stereocenters. The summed E-state index contributed by atoms with van der Waals surface area (Å²) in [6.07, 6.45) is -0.937. The zero-order valence-electron chi connectivity index (χ0n) is 8.66. The van der Waals surface area contributed by atoms with Gasteiger partial charge in [0.25, 0.3) is 0 Å². The molecule has 0 saturated carbocycles. The van der Waals surface area contributed by atoms with Gasteiger partial charge in [0, 0.05) is 11.6 Å². The quantitative estimate of drug-likeness (QED) is 0.862. The molecule has 15 heavy (non-hydrogen) atoms. The molecule has 1 aromatic rings. The fraction of sp³-hybridized carbons (Fsp3) is 0.364. The first-order valence-corrected chi connectivity index (χ1v) is 5.04.